The first-order valence-corrected chi connectivity index (χ1v) is 7.69. The van der Waals surface area contributed by atoms with Crippen molar-refractivity contribution in [2.45, 2.75) is 20.4 Å². The molecule has 0 saturated carbocycles. The van der Waals surface area contributed by atoms with Crippen molar-refractivity contribution in [3.63, 3.8) is 0 Å². The maximum atomic E-state index is 13.2. The molecule has 7 heteroatoms. The Morgan fingerprint density at radius 1 is 1.21 bits per heavy atom. The highest BCUT2D eigenvalue weighted by Gasteiger charge is 2.15. The number of benzene rings is 1. The number of rotatable bonds is 2. The summed E-state index contributed by atoms with van der Waals surface area (Å²) in [5.41, 5.74) is 1.40. The van der Waals surface area contributed by atoms with Crippen molar-refractivity contribution in [1.29, 1.82) is 0 Å². The van der Waals surface area contributed by atoms with E-state index in [9.17, 15) is 14.0 Å². The number of halogens is 2. The predicted molar refractivity (Wildman–Crippen MR) is 91.2 cm³/mol. The molecule has 2 heterocycles. The smallest absolute Gasteiger partial charge is 0.280 e. The van der Waals surface area contributed by atoms with Gasteiger partial charge >= 0.3 is 5.69 Å². The molecule has 0 saturated heterocycles. The van der Waals surface area contributed by atoms with Crippen LogP contribution in [0.1, 0.15) is 16.8 Å². The van der Waals surface area contributed by atoms with Crippen LogP contribution in [0, 0.1) is 19.7 Å². The number of aryl methyl sites for hydroxylation is 3. The Labute approximate surface area is 142 Å². The zero-order valence-electron chi connectivity index (χ0n) is 13.4. The topological polar surface area (TPSA) is 56.9 Å². The standard InChI is InChI=1S/C17H15ClFN3O2/c1-9-6-10(2)20-15-14(9)16(23)22(17(24)21(15)3)8-11-4-5-12(19)7-13(11)18/h4-7H,8H2,1-3H3. The maximum Gasteiger partial charge on any atom is 0.332 e. The van der Waals surface area contributed by atoms with E-state index in [0.29, 0.717) is 16.6 Å². The van der Waals surface area contributed by atoms with Crippen molar-refractivity contribution in [2.75, 3.05) is 0 Å². The summed E-state index contributed by atoms with van der Waals surface area (Å²) in [7, 11) is 1.57. The van der Waals surface area contributed by atoms with Gasteiger partial charge in [-0.25, -0.2) is 14.2 Å². The number of fused-ring (bicyclic) bond motifs is 1. The molecule has 0 spiro atoms. The van der Waals surface area contributed by atoms with Crippen LogP contribution in [0.5, 0.6) is 0 Å². The van der Waals surface area contributed by atoms with E-state index in [1.54, 1.807) is 27.0 Å². The Bertz CT molecular complexity index is 1090. The molecule has 0 radical (unpaired) electrons. The minimum absolute atomic E-state index is 0.0339. The van der Waals surface area contributed by atoms with Crippen molar-refractivity contribution in [1.82, 2.24) is 14.1 Å². The maximum absolute atomic E-state index is 13.2. The fraction of sp³-hybridized carbons (Fsp3) is 0.235. The average molecular weight is 348 g/mol. The lowest BCUT2D eigenvalue weighted by Crippen LogP contribution is -2.40. The van der Waals surface area contributed by atoms with Crippen LogP contribution in [0.3, 0.4) is 0 Å². The van der Waals surface area contributed by atoms with Gasteiger partial charge in [-0.15, -0.1) is 0 Å². The Morgan fingerprint density at radius 2 is 1.92 bits per heavy atom. The van der Waals surface area contributed by atoms with Gasteiger partial charge in [0, 0.05) is 17.8 Å². The van der Waals surface area contributed by atoms with Crippen LogP contribution >= 0.6 is 11.6 Å². The Balaban J connectivity index is 2.30. The Morgan fingerprint density at radius 3 is 2.58 bits per heavy atom. The van der Waals surface area contributed by atoms with Gasteiger partial charge in [0.2, 0.25) is 0 Å². The molecule has 1 aromatic carbocycles. The van der Waals surface area contributed by atoms with E-state index in [-0.39, 0.29) is 11.6 Å². The van der Waals surface area contributed by atoms with E-state index in [2.05, 4.69) is 4.98 Å². The first-order chi connectivity index (χ1) is 11.3. The molecule has 0 unspecified atom stereocenters. The van der Waals surface area contributed by atoms with E-state index in [1.807, 2.05) is 0 Å². The highest BCUT2D eigenvalue weighted by atomic mass is 35.5. The molecule has 0 bridgehead atoms. The second-order valence-electron chi connectivity index (χ2n) is 5.75. The molecule has 3 aromatic rings. The second-order valence-corrected chi connectivity index (χ2v) is 6.15. The molecule has 0 amide bonds. The molecule has 3 rings (SSSR count). The third-order valence-corrected chi connectivity index (χ3v) is 4.32. The van der Waals surface area contributed by atoms with Gasteiger partial charge in [-0.2, -0.15) is 0 Å². The van der Waals surface area contributed by atoms with E-state index in [1.165, 1.54) is 16.7 Å². The minimum atomic E-state index is -0.495. The molecule has 0 aliphatic rings. The summed E-state index contributed by atoms with van der Waals surface area (Å²) in [6, 6.07) is 5.66. The fourth-order valence-electron chi connectivity index (χ4n) is 2.78. The monoisotopic (exact) mass is 347 g/mol. The van der Waals surface area contributed by atoms with Gasteiger partial charge in [0.25, 0.3) is 5.56 Å². The molecule has 0 aliphatic carbocycles. The summed E-state index contributed by atoms with van der Waals surface area (Å²) in [5, 5.41) is 0.559. The Kier molecular flexibility index (Phi) is 4.01. The second kappa shape index (κ2) is 5.87. The zero-order chi connectivity index (χ0) is 17.6. The van der Waals surface area contributed by atoms with Gasteiger partial charge in [-0.05, 0) is 43.2 Å². The summed E-state index contributed by atoms with van der Waals surface area (Å²) in [5.74, 6) is -0.474. The van der Waals surface area contributed by atoms with Crippen LogP contribution in [0.4, 0.5) is 4.39 Å². The molecule has 24 heavy (non-hydrogen) atoms. The molecule has 0 N–H and O–H groups in total. The van der Waals surface area contributed by atoms with Gasteiger partial charge < -0.3 is 0 Å². The summed E-state index contributed by atoms with van der Waals surface area (Å²) < 4.78 is 15.6. The molecule has 2 aromatic heterocycles. The average Bonchev–Trinajstić information content (AvgIpc) is 2.50. The highest BCUT2D eigenvalue weighted by molar-refractivity contribution is 6.31. The lowest BCUT2D eigenvalue weighted by Gasteiger charge is -2.13. The first-order valence-electron chi connectivity index (χ1n) is 7.31. The number of pyridine rings is 1. The summed E-state index contributed by atoms with van der Waals surface area (Å²) in [6.07, 6.45) is 0. The van der Waals surface area contributed by atoms with Crippen molar-refractivity contribution < 1.29 is 4.39 Å². The van der Waals surface area contributed by atoms with Gasteiger partial charge in [-0.3, -0.25) is 13.9 Å². The SMILES string of the molecule is Cc1cc(C)c2c(=O)n(Cc3ccc(F)cc3Cl)c(=O)n(C)c2n1. The fourth-order valence-corrected chi connectivity index (χ4v) is 3.00. The lowest BCUT2D eigenvalue weighted by atomic mass is 10.1. The van der Waals surface area contributed by atoms with E-state index >= 15 is 0 Å². The van der Waals surface area contributed by atoms with Crippen LogP contribution in [-0.2, 0) is 13.6 Å². The molecule has 0 atom stereocenters. The zero-order valence-corrected chi connectivity index (χ0v) is 14.2. The van der Waals surface area contributed by atoms with Crippen LogP contribution in [0.25, 0.3) is 11.0 Å². The van der Waals surface area contributed by atoms with Crippen LogP contribution in [0.2, 0.25) is 5.02 Å². The molecular weight excluding hydrogens is 333 g/mol. The molecular formula is C17H15ClFN3O2. The highest BCUT2D eigenvalue weighted by Crippen LogP contribution is 2.18. The summed E-state index contributed by atoms with van der Waals surface area (Å²) in [6.45, 7) is 3.58. The van der Waals surface area contributed by atoms with Crippen molar-refractivity contribution in [3.8, 4) is 0 Å². The van der Waals surface area contributed by atoms with Crippen molar-refractivity contribution in [3.05, 3.63) is 72.8 Å². The minimum Gasteiger partial charge on any atom is -0.280 e. The largest absolute Gasteiger partial charge is 0.332 e. The number of nitrogens with zero attached hydrogens (tertiary/aromatic N) is 3. The van der Waals surface area contributed by atoms with E-state index < -0.39 is 17.1 Å². The van der Waals surface area contributed by atoms with E-state index in [0.717, 1.165) is 21.9 Å². The van der Waals surface area contributed by atoms with Crippen molar-refractivity contribution in [2.24, 2.45) is 7.05 Å². The van der Waals surface area contributed by atoms with Crippen molar-refractivity contribution >= 4 is 22.6 Å². The number of aromatic nitrogens is 3. The number of hydrogen-bond acceptors (Lipinski definition) is 3. The van der Waals surface area contributed by atoms with Gasteiger partial charge in [-0.1, -0.05) is 17.7 Å². The third kappa shape index (κ3) is 2.63. The van der Waals surface area contributed by atoms with Gasteiger partial charge in [0.05, 0.1) is 11.9 Å². The van der Waals surface area contributed by atoms with Gasteiger partial charge in [0.1, 0.15) is 11.5 Å². The van der Waals surface area contributed by atoms with E-state index in [4.69, 9.17) is 11.6 Å². The lowest BCUT2D eigenvalue weighted by molar-refractivity contribution is 0.623. The molecule has 0 aliphatic heterocycles. The van der Waals surface area contributed by atoms with Crippen LogP contribution < -0.4 is 11.2 Å². The van der Waals surface area contributed by atoms with Gasteiger partial charge in [0.15, 0.2) is 0 Å². The normalized spacial score (nSPS) is 11.2. The number of hydrogen-bond donors (Lipinski definition) is 0. The molecule has 0 fully saturated rings. The first kappa shape index (κ1) is 16.4. The Hall–Kier alpha value is -2.47. The van der Waals surface area contributed by atoms with Crippen LogP contribution in [0.15, 0.2) is 33.9 Å². The van der Waals surface area contributed by atoms with Crippen LogP contribution in [-0.4, -0.2) is 14.1 Å². The molecule has 124 valence electrons. The summed E-state index contributed by atoms with van der Waals surface area (Å²) >= 11 is 6.02. The summed E-state index contributed by atoms with van der Waals surface area (Å²) in [4.78, 5) is 29.7. The third-order valence-electron chi connectivity index (χ3n) is 3.96. The predicted octanol–water partition coefficient (Wildman–Crippen LogP) is 2.55. The quantitative estimate of drug-likeness (QED) is 0.716. The molecule has 5 nitrogen and oxygen atoms in total.